The van der Waals surface area contributed by atoms with Crippen LogP contribution in [0.5, 0.6) is 0 Å². The fourth-order valence-electron chi connectivity index (χ4n) is 0.320. The van der Waals surface area contributed by atoms with Crippen molar-refractivity contribution in [2.45, 2.75) is 38.0 Å². The first-order chi connectivity index (χ1) is 6.71. The zero-order valence-corrected chi connectivity index (χ0v) is 3.65. The third kappa shape index (κ3) is 1.48. The van der Waals surface area contributed by atoms with E-state index in [0.29, 0.717) is 0 Å². The lowest BCUT2D eigenvalue weighted by Crippen LogP contribution is -2.09. The van der Waals surface area contributed by atoms with E-state index in [1.54, 1.807) is 0 Å². The Kier molecular flexibility index (Phi) is 0.321. The SMILES string of the molecule is [2H]C1([2H])CC([2H])(O)C([2H])([2H])C([2H])([2H])C1([2H])[2H]. The molecule has 1 atom stereocenters. The maximum atomic E-state index is 9.45. The monoisotopic (exact) mass is 109 g/mol. The molecule has 0 aromatic heterocycles. The average molecular weight is 109 g/mol. The number of aliphatic hydroxyl groups is 1. The summed E-state index contributed by atoms with van der Waals surface area (Å²) < 4.78 is 65.9. The summed E-state index contributed by atoms with van der Waals surface area (Å²) >= 11 is 0. The van der Waals surface area contributed by atoms with Gasteiger partial charge in [0, 0.05) is 11.0 Å². The molecule has 0 radical (unpaired) electrons. The van der Waals surface area contributed by atoms with Crippen molar-refractivity contribution in [3.8, 4) is 0 Å². The van der Waals surface area contributed by atoms with Crippen LogP contribution in [0.2, 0.25) is 0 Å². The summed E-state index contributed by atoms with van der Waals surface area (Å²) in [6.07, 6.45) is -16.6. The summed E-state index contributed by atoms with van der Waals surface area (Å²) in [5.74, 6) is 0. The third-order valence-corrected chi connectivity index (χ3v) is 0.614. The zero-order valence-electron chi connectivity index (χ0n) is 12.7. The predicted octanol–water partition coefficient (Wildman–Crippen LogP) is 1.31. The largest absolute Gasteiger partial charge is 0.393 e. The molecule has 1 nitrogen and oxygen atoms in total. The lowest BCUT2D eigenvalue weighted by Gasteiger charge is -2.14. The van der Waals surface area contributed by atoms with Gasteiger partial charge in [-0.15, -0.1) is 0 Å². The van der Waals surface area contributed by atoms with Gasteiger partial charge in [-0.25, -0.2) is 0 Å². The fraction of sp³-hybridized carbons (Fsp3) is 1.00. The average Bonchev–Trinajstić information content (AvgIpc) is 1.98. The van der Waals surface area contributed by atoms with Crippen molar-refractivity contribution in [2.75, 3.05) is 0 Å². The van der Waals surface area contributed by atoms with Crippen molar-refractivity contribution >= 4 is 0 Å². The second-order valence-electron chi connectivity index (χ2n) is 1.18. The quantitative estimate of drug-likeness (QED) is 0.497. The predicted molar refractivity (Wildman–Crippen MR) is 29.1 cm³/mol. The smallest absolute Gasteiger partial charge is 0.0600 e. The first-order valence-corrected chi connectivity index (χ1v) is 1.93. The second kappa shape index (κ2) is 2.31. The van der Waals surface area contributed by atoms with Crippen LogP contribution < -0.4 is 0 Å². The Labute approximate surface area is 57.0 Å². The number of hydrogen-bond donors (Lipinski definition) is 1. The Hall–Kier alpha value is -0.0400. The lowest BCUT2D eigenvalue weighted by molar-refractivity contribution is 0.130. The molecule has 1 saturated carbocycles. The third-order valence-electron chi connectivity index (χ3n) is 0.614. The van der Waals surface area contributed by atoms with E-state index in [-0.39, 0.29) is 0 Å². The van der Waals surface area contributed by atoms with Gasteiger partial charge in [0.15, 0.2) is 0 Å². The van der Waals surface area contributed by atoms with Gasteiger partial charge in [-0.1, -0.05) is 19.1 Å². The van der Waals surface area contributed by atoms with E-state index >= 15 is 0 Å². The van der Waals surface area contributed by atoms with E-state index in [4.69, 9.17) is 12.3 Å². The molecule has 7 heavy (non-hydrogen) atoms. The molecule has 1 N–H and O–H groups in total. The summed E-state index contributed by atoms with van der Waals surface area (Å²) in [6, 6.07) is 0. The van der Waals surface area contributed by atoms with E-state index < -0.39 is 38.0 Å². The van der Waals surface area contributed by atoms with Crippen molar-refractivity contribution in [2.24, 2.45) is 0 Å². The van der Waals surface area contributed by atoms with Crippen LogP contribution in [0.15, 0.2) is 0 Å². The Morgan fingerprint density at radius 1 is 1.57 bits per heavy atom. The molecule has 1 rings (SSSR count). The molecule has 1 aliphatic rings. The summed E-state index contributed by atoms with van der Waals surface area (Å²) in [5.41, 5.74) is 0. The maximum absolute atomic E-state index is 9.45. The molecule has 0 aromatic rings. The molecule has 0 saturated heterocycles. The zero-order chi connectivity index (χ0) is 13.2. The van der Waals surface area contributed by atoms with Crippen molar-refractivity contribution in [3.05, 3.63) is 0 Å². The van der Waals surface area contributed by atoms with Gasteiger partial charge in [-0.2, -0.15) is 0 Å². The van der Waals surface area contributed by atoms with Crippen LogP contribution in [0.4, 0.5) is 0 Å². The van der Waals surface area contributed by atoms with Gasteiger partial charge in [0.2, 0.25) is 0 Å². The molecule has 0 bridgehead atoms. The van der Waals surface area contributed by atoms with Gasteiger partial charge in [-0.05, 0) is 12.8 Å². The minimum Gasteiger partial charge on any atom is -0.393 e. The van der Waals surface area contributed by atoms with E-state index in [1.807, 2.05) is 0 Å². The highest BCUT2D eigenvalue weighted by molar-refractivity contribution is 4.61. The minimum absolute atomic E-state index is 1.13. The Bertz CT molecular complexity index is 279. The maximum Gasteiger partial charge on any atom is 0.0600 e. The topological polar surface area (TPSA) is 20.2 Å². The summed E-state index contributed by atoms with van der Waals surface area (Å²) in [6.45, 7) is 0. The molecule has 1 heteroatoms. The molecular formula is C6H12O. The van der Waals surface area contributed by atoms with Crippen LogP contribution >= 0.6 is 0 Å². The Morgan fingerprint density at radius 2 is 2.43 bits per heavy atom. The summed E-state index contributed by atoms with van der Waals surface area (Å²) in [4.78, 5) is 0. The van der Waals surface area contributed by atoms with Crippen LogP contribution in [0, 0.1) is 0 Å². The summed E-state index contributed by atoms with van der Waals surface area (Å²) in [7, 11) is 0. The molecular weight excluding hydrogens is 88.1 g/mol. The molecule has 42 valence electrons. The molecule has 1 fully saturated rings. The highest BCUT2D eigenvalue weighted by Gasteiger charge is 2.07. The van der Waals surface area contributed by atoms with Crippen LogP contribution in [0.1, 0.15) is 44.2 Å². The molecule has 0 aliphatic heterocycles. The van der Waals surface area contributed by atoms with Gasteiger partial charge in [0.05, 0.1) is 7.45 Å². The van der Waals surface area contributed by atoms with Crippen LogP contribution in [-0.2, 0) is 0 Å². The number of rotatable bonds is 0. The van der Waals surface area contributed by atoms with Gasteiger partial charge < -0.3 is 5.11 Å². The Morgan fingerprint density at radius 3 is 3.29 bits per heavy atom. The van der Waals surface area contributed by atoms with Gasteiger partial charge in [0.25, 0.3) is 0 Å². The van der Waals surface area contributed by atoms with Crippen LogP contribution in [0.3, 0.4) is 0 Å². The van der Waals surface area contributed by atoms with Crippen molar-refractivity contribution < 1.29 is 17.4 Å². The highest BCUT2D eigenvalue weighted by atomic mass is 16.3. The van der Waals surface area contributed by atoms with Crippen molar-refractivity contribution in [3.63, 3.8) is 0 Å². The number of hydrogen-bond acceptors (Lipinski definition) is 1. The normalized spacial score (nSPS) is 91.3. The molecule has 0 amide bonds. The van der Waals surface area contributed by atoms with E-state index in [2.05, 4.69) is 0 Å². The minimum atomic E-state index is -3.31. The van der Waals surface area contributed by atoms with E-state index in [1.165, 1.54) is 0 Å². The van der Waals surface area contributed by atoms with E-state index in [9.17, 15) is 5.11 Å². The molecule has 1 unspecified atom stereocenters. The summed E-state index contributed by atoms with van der Waals surface area (Å²) in [5, 5.41) is 9.45. The highest BCUT2D eigenvalue weighted by Crippen LogP contribution is 2.16. The van der Waals surface area contributed by atoms with Crippen molar-refractivity contribution in [1.82, 2.24) is 0 Å². The van der Waals surface area contributed by atoms with Crippen LogP contribution in [-0.4, -0.2) is 11.2 Å². The van der Waals surface area contributed by atoms with Crippen molar-refractivity contribution in [1.29, 1.82) is 0 Å². The molecule has 1 aliphatic carbocycles. The van der Waals surface area contributed by atoms with Crippen LogP contribution in [0.25, 0.3) is 0 Å². The van der Waals surface area contributed by atoms with E-state index in [0.717, 1.165) is 0 Å². The standard InChI is InChI=1S/C6H12O/c7-6-4-2-1-3-5-6/h6-7H,1-5H2/i1D2,2D2,3D2,4D2,6D. The molecule has 0 aromatic carbocycles. The fourth-order valence-corrected chi connectivity index (χ4v) is 0.320. The first-order valence-electron chi connectivity index (χ1n) is 6.43. The lowest BCUT2D eigenvalue weighted by atomic mass is 9.98. The first kappa shape index (κ1) is 0.971. The van der Waals surface area contributed by atoms with Gasteiger partial charge >= 0.3 is 0 Å². The molecule has 0 spiro atoms. The second-order valence-corrected chi connectivity index (χ2v) is 1.18. The Balaban J connectivity index is 3.43. The van der Waals surface area contributed by atoms with Gasteiger partial charge in [0.1, 0.15) is 0 Å². The molecule has 0 heterocycles. The van der Waals surface area contributed by atoms with Gasteiger partial charge in [-0.3, -0.25) is 0 Å².